The zero-order chi connectivity index (χ0) is 14.0. The number of methoxy groups -OCH3 is 2. The summed E-state index contributed by atoms with van der Waals surface area (Å²) in [4.78, 5) is 4.03. The lowest BCUT2D eigenvalue weighted by molar-refractivity contribution is 0.368. The van der Waals surface area contributed by atoms with Crippen LogP contribution in [0.15, 0.2) is 15.1 Å². The van der Waals surface area contributed by atoms with E-state index in [2.05, 4.69) is 26.1 Å². The van der Waals surface area contributed by atoms with Crippen LogP contribution in [0.5, 0.6) is 11.5 Å². The van der Waals surface area contributed by atoms with Crippen LogP contribution >= 0.6 is 15.9 Å². The predicted molar refractivity (Wildman–Crippen MR) is 68.4 cm³/mol. The molecule has 0 unspecified atom stereocenters. The zero-order valence-corrected chi connectivity index (χ0v) is 11.8. The molecule has 0 aliphatic heterocycles. The molecule has 2 rings (SSSR count). The number of hydrogen-bond acceptors (Lipinski definition) is 6. The van der Waals surface area contributed by atoms with Gasteiger partial charge in [0.05, 0.1) is 26.3 Å². The quantitative estimate of drug-likeness (QED) is 0.923. The van der Waals surface area contributed by atoms with E-state index in [9.17, 15) is 4.39 Å². The normalized spacial score (nSPS) is 10.6. The van der Waals surface area contributed by atoms with E-state index in [1.165, 1.54) is 20.3 Å². The van der Waals surface area contributed by atoms with Crippen LogP contribution in [-0.2, 0) is 6.54 Å². The van der Waals surface area contributed by atoms with Crippen molar-refractivity contribution >= 4 is 15.9 Å². The lowest BCUT2D eigenvalue weighted by atomic mass is 10.1. The Morgan fingerprint density at radius 3 is 2.58 bits per heavy atom. The zero-order valence-electron chi connectivity index (χ0n) is 10.2. The fraction of sp³-hybridized carbons (Fsp3) is 0.273. The Balaban J connectivity index is 2.62. The minimum absolute atomic E-state index is 0.0446. The molecule has 2 aromatic rings. The Bertz CT molecular complexity index is 603. The van der Waals surface area contributed by atoms with E-state index >= 15 is 0 Å². The van der Waals surface area contributed by atoms with Crippen LogP contribution in [0, 0.1) is 5.82 Å². The van der Waals surface area contributed by atoms with Gasteiger partial charge in [0.1, 0.15) is 10.2 Å². The standard InChI is InChI=1S/C11H11BrFN3O3/c1-17-9-5(11-15-7(4-14)19-16-11)3-6(13)10(18-2)8(9)12/h3H,4,14H2,1-2H3. The summed E-state index contributed by atoms with van der Waals surface area (Å²) in [5, 5.41) is 3.73. The first-order chi connectivity index (χ1) is 9.12. The monoisotopic (exact) mass is 331 g/mol. The Kier molecular flexibility index (Phi) is 4.01. The Morgan fingerprint density at radius 1 is 1.37 bits per heavy atom. The number of nitrogens with zero attached hydrogens (tertiary/aromatic N) is 2. The Labute approximate surface area is 116 Å². The van der Waals surface area contributed by atoms with Gasteiger partial charge in [-0.15, -0.1) is 0 Å². The summed E-state index contributed by atoms with van der Waals surface area (Å²) in [6, 6.07) is 1.22. The minimum atomic E-state index is -0.565. The van der Waals surface area contributed by atoms with Gasteiger partial charge in [-0.25, -0.2) is 4.39 Å². The summed E-state index contributed by atoms with van der Waals surface area (Å²) in [7, 11) is 2.81. The number of halogens is 2. The third-order valence-electron chi connectivity index (χ3n) is 2.42. The minimum Gasteiger partial charge on any atom is -0.495 e. The summed E-state index contributed by atoms with van der Waals surface area (Å²) < 4.78 is 29.3. The van der Waals surface area contributed by atoms with Gasteiger partial charge < -0.3 is 19.7 Å². The lowest BCUT2D eigenvalue weighted by Crippen LogP contribution is -1.98. The van der Waals surface area contributed by atoms with Gasteiger partial charge in [0, 0.05) is 0 Å². The van der Waals surface area contributed by atoms with Crippen molar-refractivity contribution in [1.82, 2.24) is 10.1 Å². The van der Waals surface area contributed by atoms with E-state index < -0.39 is 5.82 Å². The molecule has 0 radical (unpaired) electrons. The van der Waals surface area contributed by atoms with Gasteiger partial charge in [0.2, 0.25) is 11.7 Å². The highest BCUT2D eigenvalue weighted by molar-refractivity contribution is 9.10. The van der Waals surface area contributed by atoms with Crippen LogP contribution in [0.4, 0.5) is 4.39 Å². The molecule has 102 valence electrons. The van der Waals surface area contributed by atoms with Crippen LogP contribution < -0.4 is 15.2 Å². The first-order valence-electron chi connectivity index (χ1n) is 5.25. The molecule has 1 heterocycles. The summed E-state index contributed by atoms with van der Waals surface area (Å²) in [5.41, 5.74) is 5.73. The van der Waals surface area contributed by atoms with E-state index in [1.54, 1.807) is 0 Å². The van der Waals surface area contributed by atoms with Crippen molar-refractivity contribution in [3.8, 4) is 22.9 Å². The van der Waals surface area contributed by atoms with Gasteiger partial charge in [-0.1, -0.05) is 5.16 Å². The maximum absolute atomic E-state index is 13.9. The molecule has 6 nitrogen and oxygen atoms in total. The van der Waals surface area contributed by atoms with Crippen molar-refractivity contribution in [3.63, 3.8) is 0 Å². The second-order valence-electron chi connectivity index (χ2n) is 3.50. The molecule has 0 aliphatic carbocycles. The molecule has 0 atom stereocenters. The maximum Gasteiger partial charge on any atom is 0.240 e. The topological polar surface area (TPSA) is 83.4 Å². The molecule has 0 spiro atoms. The molecule has 8 heteroatoms. The average Bonchev–Trinajstić information content (AvgIpc) is 2.87. The van der Waals surface area contributed by atoms with Crippen molar-refractivity contribution in [1.29, 1.82) is 0 Å². The van der Waals surface area contributed by atoms with E-state index in [4.69, 9.17) is 19.7 Å². The first kappa shape index (κ1) is 13.8. The first-order valence-corrected chi connectivity index (χ1v) is 6.04. The van der Waals surface area contributed by atoms with Gasteiger partial charge in [0.15, 0.2) is 11.6 Å². The summed E-state index contributed by atoms with van der Waals surface area (Å²) in [5.74, 6) is 0.277. The molecule has 0 fully saturated rings. The number of aromatic nitrogens is 2. The van der Waals surface area contributed by atoms with Gasteiger partial charge in [-0.2, -0.15) is 4.98 Å². The highest BCUT2D eigenvalue weighted by Crippen LogP contribution is 2.42. The van der Waals surface area contributed by atoms with E-state index in [0.717, 1.165) is 0 Å². The van der Waals surface area contributed by atoms with E-state index in [1.807, 2.05) is 0 Å². The van der Waals surface area contributed by atoms with Crippen molar-refractivity contribution in [3.05, 3.63) is 22.2 Å². The number of benzene rings is 1. The number of rotatable bonds is 4. The van der Waals surface area contributed by atoms with Crippen molar-refractivity contribution in [2.45, 2.75) is 6.54 Å². The number of ether oxygens (including phenoxy) is 2. The Hall–Kier alpha value is -1.67. The number of hydrogen-bond donors (Lipinski definition) is 1. The largest absolute Gasteiger partial charge is 0.495 e. The second kappa shape index (κ2) is 5.54. The average molecular weight is 332 g/mol. The summed E-state index contributed by atoms with van der Waals surface area (Å²) in [6.07, 6.45) is 0. The third kappa shape index (κ3) is 2.41. The molecule has 0 bridgehead atoms. The smallest absolute Gasteiger partial charge is 0.240 e. The second-order valence-corrected chi connectivity index (χ2v) is 4.30. The van der Waals surface area contributed by atoms with Crippen LogP contribution in [-0.4, -0.2) is 24.4 Å². The number of nitrogens with two attached hydrogens (primary N) is 1. The molecule has 0 saturated carbocycles. The van der Waals surface area contributed by atoms with Crippen LogP contribution in [0.2, 0.25) is 0 Å². The van der Waals surface area contributed by atoms with Crippen molar-refractivity contribution in [2.24, 2.45) is 5.73 Å². The van der Waals surface area contributed by atoms with E-state index in [0.29, 0.717) is 15.8 Å². The molecule has 2 N–H and O–H groups in total. The maximum atomic E-state index is 13.9. The molecule has 1 aromatic heterocycles. The van der Waals surface area contributed by atoms with Crippen LogP contribution in [0.25, 0.3) is 11.4 Å². The molecule has 0 saturated heterocycles. The molecule has 0 amide bonds. The fourth-order valence-corrected chi connectivity index (χ4v) is 2.31. The third-order valence-corrected chi connectivity index (χ3v) is 3.14. The van der Waals surface area contributed by atoms with Gasteiger partial charge >= 0.3 is 0 Å². The molecule has 1 aromatic carbocycles. The van der Waals surface area contributed by atoms with Crippen LogP contribution in [0.3, 0.4) is 0 Å². The SMILES string of the molecule is COc1c(F)cc(-c2noc(CN)n2)c(OC)c1Br. The highest BCUT2D eigenvalue weighted by Gasteiger charge is 2.22. The summed E-state index contributed by atoms with van der Waals surface area (Å²) in [6.45, 7) is 0.106. The fourth-order valence-electron chi connectivity index (χ4n) is 1.58. The van der Waals surface area contributed by atoms with Crippen molar-refractivity contribution < 1.29 is 18.4 Å². The summed E-state index contributed by atoms with van der Waals surface area (Å²) >= 11 is 3.22. The Morgan fingerprint density at radius 2 is 2.05 bits per heavy atom. The van der Waals surface area contributed by atoms with Crippen molar-refractivity contribution in [2.75, 3.05) is 14.2 Å². The lowest BCUT2D eigenvalue weighted by Gasteiger charge is -2.12. The van der Waals surface area contributed by atoms with Gasteiger partial charge in [0.25, 0.3) is 0 Å². The molecular formula is C11H11BrFN3O3. The van der Waals surface area contributed by atoms with Gasteiger partial charge in [-0.3, -0.25) is 0 Å². The molecule has 0 aliphatic rings. The van der Waals surface area contributed by atoms with E-state index in [-0.39, 0.29) is 24.0 Å². The molecule has 19 heavy (non-hydrogen) atoms. The molecular weight excluding hydrogens is 321 g/mol. The highest BCUT2D eigenvalue weighted by atomic mass is 79.9. The van der Waals surface area contributed by atoms with Gasteiger partial charge in [-0.05, 0) is 22.0 Å². The van der Waals surface area contributed by atoms with Crippen LogP contribution in [0.1, 0.15) is 5.89 Å². The predicted octanol–water partition coefficient (Wildman–Crippen LogP) is 2.11.